The first-order chi connectivity index (χ1) is 11.1. The van der Waals surface area contributed by atoms with Crippen LogP contribution in [0.3, 0.4) is 0 Å². The van der Waals surface area contributed by atoms with Gasteiger partial charge in [-0.05, 0) is 44.5 Å². The fraction of sp³-hybridized carbons (Fsp3) is 0.438. The summed E-state index contributed by atoms with van der Waals surface area (Å²) >= 11 is 5.88. The van der Waals surface area contributed by atoms with E-state index in [4.69, 9.17) is 16.1 Å². The second kappa shape index (κ2) is 8.53. The molecule has 1 heterocycles. The van der Waals surface area contributed by atoms with Crippen molar-refractivity contribution in [3.05, 3.63) is 35.2 Å². The summed E-state index contributed by atoms with van der Waals surface area (Å²) < 4.78 is 5.25. The van der Waals surface area contributed by atoms with Crippen molar-refractivity contribution in [2.75, 3.05) is 6.54 Å². The fourth-order valence-electron chi connectivity index (χ4n) is 1.84. The van der Waals surface area contributed by atoms with Gasteiger partial charge in [-0.2, -0.15) is 4.98 Å². The second-order valence-corrected chi connectivity index (χ2v) is 5.60. The summed E-state index contributed by atoms with van der Waals surface area (Å²) in [6, 6.07) is 7.65. The lowest BCUT2D eigenvalue weighted by Crippen LogP contribution is -2.41. The third kappa shape index (κ3) is 5.25. The van der Waals surface area contributed by atoms with E-state index in [-0.39, 0.29) is 0 Å². The lowest BCUT2D eigenvalue weighted by molar-refractivity contribution is 0.380. The number of aromatic nitrogens is 2. The topological polar surface area (TPSA) is 75.3 Å². The summed E-state index contributed by atoms with van der Waals surface area (Å²) in [7, 11) is 0. The van der Waals surface area contributed by atoms with Gasteiger partial charge in [-0.1, -0.05) is 23.7 Å². The molecule has 0 aliphatic carbocycles. The first-order valence-corrected chi connectivity index (χ1v) is 8.13. The lowest BCUT2D eigenvalue weighted by Gasteiger charge is -2.15. The number of aliphatic imine (C=N–C) groups is 1. The molecule has 0 amide bonds. The zero-order valence-corrected chi connectivity index (χ0v) is 14.4. The Balaban J connectivity index is 2.04. The zero-order valence-electron chi connectivity index (χ0n) is 13.6. The molecule has 0 saturated heterocycles. The number of nitrogens with one attached hydrogen (secondary N) is 2. The van der Waals surface area contributed by atoms with E-state index in [1.165, 1.54) is 0 Å². The van der Waals surface area contributed by atoms with Gasteiger partial charge in [0.2, 0.25) is 11.7 Å². The Morgan fingerprint density at radius 2 is 2.04 bits per heavy atom. The van der Waals surface area contributed by atoms with Gasteiger partial charge in [-0.3, -0.25) is 0 Å². The molecule has 1 aromatic heterocycles. The molecule has 124 valence electrons. The zero-order chi connectivity index (χ0) is 16.7. The highest BCUT2D eigenvalue weighted by atomic mass is 35.5. The summed E-state index contributed by atoms with van der Waals surface area (Å²) in [5, 5.41) is 11.2. The molecule has 2 aromatic rings. The van der Waals surface area contributed by atoms with E-state index in [0.717, 1.165) is 24.5 Å². The van der Waals surface area contributed by atoms with E-state index in [1.54, 1.807) is 12.1 Å². The van der Waals surface area contributed by atoms with Crippen LogP contribution in [0.1, 0.15) is 33.1 Å². The van der Waals surface area contributed by atoms with Gasteiger partial charge in [-0.25, -0.2) is 4.99 Å². The molecule has 0 aliphatic rings. The van der Waals surface area contributed by atoms with Gasteiger partial charge in [0.1, 0.15) is 6.54 Å². The van der Waals surface area contributed by atoms with Crippen molar-refractivity contribution < 1.29 is 4.52 Å². The lowest BCUT2D eigenvalue weighted by atomic mass is 10.2. The van der Waals surface area contributed by atoms with Crippen LogP contribution in [-0.4, -0.2) is 28.7 Å². The number of benzene rings is 1. The number of halogens is 1. The van der Waals surface area contributed by atoms with Crippen LogP contribution in [0.15, 0.2) is 33.8 Å². The van der Waals surface area contributed by atoms with E-state index in [1.807, 2.05) is 19.1 Å². The minimum Gasteiger partial charge on any atom is -0.357 e. The largest absolute Gasteiger partial charge is 0.357 e. The molecule has 0 radical (unpaired) electrons. The average molecular weight is 336 g/mol. The Labute approximate surface area is 141 Å². The average Bonchev–Trinajstić information content (AvgIpc) is 3.02. The Hall–Kier alpha value is -2.08. The molecular weight excluding hydrogens is 314 g/mol. The second-order valence-electron chi connectivity index (χ2n) is 5.17. The third-order valence-corrected chi connectivity index (χ3v) is 3.53. The number of rotatable bonds is 6. The molecule has 7 heteroatoms. The molecule has 2 rings (SSSR count). The Kier molecular flexibility index (Phi) is 6.40. The maximum absolute atomic E-state index is 5.88. The number of hydrogen-bond donors (Lipinski definition) is 2. The molecule has 1 atom stereocenters. The first kappa shape index (κ1) is 17.3. The monoisotopic (exact) mass is 335 g/mol. The highest BCUT2D eigenvalue weighted by Gasteiger charge is 2.09. The van der Waals surface area contributed by atoms with Gasteiger partial charge in [0, 0.05) is 23.2 Å². The molecule has 1 aromatic carbocycles. The standard InChI is InChI=1S/C16H22ClN5O/c1-4-11(3)20-16(18-5-2)19-10-14-21-15(22-23-14)12-6-8-13(17)9-7-12/h6-9,11H,4-5,10H2,1-3H3,(H2,18,19,20). The van der Waals surface area contributed by atoms with Crippen LogP contribution >= 0.6 is 11.6 Å². The van der Waals surface area contributed by atoms with E-state index < -0.39 is 0 Å². The highest BCUT2D eigenvalue weighted by Crippen LogP contribution is 2.18. The van der Waals surface area contributed by atoms with Crippen molar-refractivity contribution in [2.24, 2.45) is 4.99 Å². The van der Waals surface area contributed by atoms with Crippen LogP contribution in [0.2, 0.25) is 5.02 Å². The van der Waals surface area contributed by atoms with Crippen LogP contribution in [0.25, 0.3) is 11.4 Å². The minimum absolute atomic E-state index is 0.326. The van der Waals surface area contributed by atoms with Crippen molar-refractivity contribution in [1.82, 2.24) is 20.8 Å². The Bertz CT molecular complexity index is 638. The predicted octanol–water partition coefficient (Wildman–Crippen LogP) is 3.24. The number of hydrogen-bond acceptors (Lipinski definition) is 4. The van der Waals surface area contributed by atoms with Crippen LogP contribution in [0.5, 0.6) is 0 Å². The summed E-state index contributed by atoms with van der Waals surface area (Å²) in [6.07, 6.45) is 1.02. The van der Waals surface area contributed by atoms with Crippen molar-refractivity contribution in [3.8, 4) is 11.4 Å². The molecule has 0 spiro atoms. The van der Waals surface area contributed by atoms with Crippen LogP contribution < -0.4 is 10.6 Å². The van der Waals surface area contributed by atoms with E-state index >= 15 is 0 Å². The predicted molar refractivity (Wildman–Crippen MR) is 92.4 cm³/mol. The van der Waals surface area contributed by atoms with Crippen molar-refractivity contribution >= 4 is 17.6 Å². The van der Waals surface area contributed by atoms with Crippen LogP contribution in [0.4, 0.5) is 0 Å². The molecule has 2 N–H and O–H groups in total. The summed E-state index contributed by atoms with van der Waals surface area (Å²) in [5.41, 5.74) is 0.859. The summed E-state index contributed by atoms with van der Waals surface area (Å²) in [4.78, 5) is 8.83. The van der Waals surface area contributed by atoms with Crippen LogP contribution in [0, 0.1) is 0 Å². The van der Waals surface area contributed by atoms with E-state index in [9.17, 15) is 0 Å². The van der Waals surface area contributed by atoms with Gasteiger partial charge >= 0.3 is 0 Å². The maximum atomic E-state index is 5.88. The molecular formula is C16H22ClN5O. The Morgan fingerprint density at radius 3 is 2.70 bits per heavy atom. The smallest absolute Gasteiger partial charge is 0.248 e. The minimum atomic E-state index is 0.326. The number of nitrogens with zero attached hydrogens (tertiary/aromatic N) is 3. The molecule has 0 aliphatic heterocycles. The summed E-state index contributed by atoms with van der Waals surface area (Å²) in [6.45, 7) is 7.38. The molecule has 6 nitrogen and oxygen atoms in total. The quantitative estimate of drug-likeness (QED) is 0.626. The van der Waals surface area contributed by atoms with Crippen molar-refractivity contribution in [3.63, 3.8) is 0 Å². The summed E-state index contributed by atoms with van der Waals surface area (Å²) in [5.74, 6) is 1.75. The fourth-order valence-corrected chi connectivity index (χ4v) is 1.96. The van der Waals surface area contributed by atoms with Gasteiger partial charge in [0.05, 0.1) is 0 Å². The van der Waals surface area contributed by atoms with E-state index in [2.05, 4.69) is 39.6 Å². The third-order valence-electron chi connectivity index (χ3n) is 3.28. The van der Waals surface area contributed by atoms with Gasteiger partial charge in [0.25, 0.3) is 0 Å². The number of guanidine groups is 1. The SMILES string of the molecule is CCNC(=NCc1nc(-c2ccc(Cl)cc2)no1)NC(C)CC. The van der Waals surface area contributed by atoms with Crippen LogP contribution in [-0.2, 0) is 6.54 Å². The van der Waals surface area contributed by atoms with Crippen molar-refractivity contribution in [1.29, 1.82) is 0 Å². The molecule has 23 heavy (non-hydrogen) atoms. The van der Waals surface area contributed by atoms with Gasteiger partial charge < -0.3 is 15.2 Å². The van der Waals surface area contributed by atoms with Crippen molar-refractivity contribution in [2.45, 2.75) is 39.8 Å². The highest BCUT2D eigenvalue weighted by molar-refractivity contribution is 6.30. The normalized spacial score (nSPS) is 13.0. The van der Waals surface area contributed by atoms with Gasteiger partial charge in [-0.15, -0.1) is 0 Å². The van der Waals surface area contributed by atoms with E-state index in [0.29, 0.717) is 29.3 Å². The molecule has 1 unspecified atom stereocenters. The van der Waals surface area contributed by atoms with Gasteiger partial charge in [0.15, 0.2) is 5.96 Å². The first-order valence-electron chi connectivity index (χ1n) is 7.75. The molecule has 0 fully saturated rings. The maximum Gasteiger partial charge on any atom is 0.248 e. The molecule has 0 saturated carbocycles. The molecule has 0 bridgehead atoms. The Morgan fingerprint density at radius 1 is 1.30 bits per heavy atom.